The maximum absolute atomic E-state index is 12.4. The van der Waals surface area contributed by atoms with E-state index < -0.39 is 12.3 Å². The highest BCUT2D eigenvalue weighted by molar-refractivity contribution is 6.34. The van der Waals surface area contributed by atoms with E-state index in [2.05, 4.69) is 5.32 Å². The predicted octanol–water partition coefficient (Wildman–Crippen LogP) is 3.99. The fraction of sp³-hybridized carbons (Fsp3) is 0.133. The van der Waals surface area contributed by atoms with E-state index in [1.165, 1.54) is 18.2 Å². The topological polar surface area (TPSA) is 55.1 Å². The molecule has 0 unspecified atom stereocenters. The molecule has 2 aromatic rings. The van der Waals surface area contributed by atoms with Gasteiger partial charge in [0, 0.05) is 17.8 Å². The molecule has 6 heteroatoms. The van der Waals surface area contributed by atoms with Crippen molar-refractivity contribution in [1.82, 2.24) is 0 Å². The van der Waals surface area contributed by atoms with E-state index in [0.717, 1.165) is 5.56 Å². The lowest BCUT2D eigenvalue weighted by molar-refractivity contribution is 0.100. The predicted molar refractivity (Wildman–Crippen MR) is 78.7 cm³/mol. The summed E-state index contributed by atoms with van der Waals surface area (Å²) in [6.45, 7) is 0.454. The number of rotatable bonds is 5. The highest BCUT2D eigenvalue weighted by atomic mass is 35.5. The Morgan fingerprint density at radius 3 is 2.38 bits per heavy atom. The summed E-state index contributed by atoms with van der Waals surface area (Å²) in [4.78, 5) is 11.1. The van der Waals surface area contributed by atoms with Crippen molar-refractivity contribution >= 4 is 23.2 Å². The molecule has 0 radical (unpaired) electrons. The molecule has 2 aromatic carbocycles. The number of amides is 1. The normalized spacial score (nSPS) is 10.7. The molecule has 0 saturated carbocycles. The molecule has 0 atom stereocenters. The molecule has 3 N–H and O–H groups in total. The molecule has 3 nitrogen and oxygen atoms in total. The second-order valence-electron chi connectivity index (χ2n) is 4.45. The largest absolute Gasteiger partial charge is 0.381 e. The van der Waals surface area contributed by atoms with Gasteiger partial charge >= 0.3 is 0 Å². The number of hydrogen-bond donors (Lipinski definition) is 2. The van der Waals surface area contributed by atoms with Gasteiger partial charge in [0.1, 0.15) is 0 Å². The average Bonchev–Trinajstić information content (AvgIpc) is 2.45. The number of primary amides is 1. The lowest BCUT2D eigenvalue weighted by atomic mass is 10.1. The van der Waals surface area contributed by atoms with Crippen molar-refractivity contribution in [2.24, 2.45) is 5.73 Å². The fourth-order valence-corrected chi connectivity index (χ4v) is 2.08. The van der Waals surface area contributed by atoms with Crippen LogP contribution in [0.15, 0.2) is 42.5 Å². The number of nitrogens with two attached hydrogens (primary N) is 1. The monoisotopic (exact) mass is 310 g/mol. The van der Waals surface area contributed by atoms with Crippen LogP contribution in [0.4, 0.5) is 14.5 Å². The summed E-state index contributed by atoms with van der Waals surface area (Å²) in [5.41, 5.74) is 6.98. The highest BCUT2D eigenvalue weighted by Gasteiger charge is 2.08. The summed E-state index contributed by atoms with van der Waals surface area (Å²) in [5, 5.41) is 3.36. The quantitative estimate of drug-likeness (QED) is 0.877. The van der Waals surface area contributed by atoms with Crippen LogP contribution in [0.5, 0.6) is 0 Å². The van der Waals surface area contributed by atoms with E-state index >= 15 is 0 Å². The number of nitrogens with one attached hydrogen (secondary N) is 1. The standard InChI is InChI=1S/C15H13ClF2N2O/c16-13-7-11(5-6-12(13)15(19)21)20-8-9-1-3-10(4-2-9)14(17)18/h1-7,14,20H,8H2,(H2,19,21). The first-order chi connectivity index (χ1) is 9.97. The van der Waals surface area contributed by atoms with Gasteiger partial charge in [-0.1, -0.05) is 35.9 Å². The Morgan fingerprint density at radius 2 is 1.86 bits per heavy atom. The van der Waals surface area contributed by atoms with Gasteiger partial charge in [-0.05, 0) is 23.8 Å². The van der Waals surface area contributed by atoms with Crippen molar-refractivity contribution in [3.8, 4) is 0 Å². The van der Waals surface area contributed by atoms with Gasteiger partial charge in [0.2, 0.25) is 5.91 Å². The second-order valence-corrected chi connectivity index (χ2v) is 4.86. The number of anilines is 1. The fourth-order valence-electron chi connectivity index (χ4n) is 1.81. The molecule has 0 saturated heterocycles. The Bertz CT molecular complexity index is 645. The lowest BCUT2D eigenvalue weighted by Crippen LogP contribution is -2.11. The minimum absolute atomic E-state index is 0.00685. The van der Waals surface area contributed by atoms with Crippen molar-refractivity contribution in [2.45, 2.75) is 13.0 Å². The third kappa shape index (κ3) is 3.92. The summed E-state index contributed by atoms with van der Waals surface area (Å²) in [5.74, 6) is -0.589. The van der Waals surface area contributed by atoms with E-state index in [1.807, 2.05) is 0 Å². The van der Waals surface area contributed by atoms with Crippen LogP contribution in [-0.2, 0) is 6.54 Å². The van der Waals surface area contributed by atoms with Crippen LogP contribution in [0, 0.1) is 0 Å². The minimum atomic E-state index is -2.47. The Morgan fingerprint density at radius 1 is 1.19 bits per heavy atom. The second kappa shape index (κ2) is 6.54. The van der Waals surface area contributed by atoms with Gasteiger partial charge in [-0.15, -0.1) is 0 Å². The summed E-state index contributed by atoms with van der Waals surface area (Å²) in [6.07, 6.45) is -2.47. The number of benzene rings is 2. The molecule has 0 aromatic heterocycles. The maximum Gasteiger partial charge on any atom is 0.263 e. The molecule has 0 spiro atoms. The molecule has 0 heterocycles. The summed E-state index contributed by atoms with van der Waals surface area (Å²) < 4.78 is 24.9. The van der Waals surface area contributed by atoms with Crippen LogP contribution >= 0.6 is 11.6 Å². The van der Waals surface area contributed by atoms with Crippen LogP contribution in [0.3, 0.4) is 0 Å². The molecule has 2 rings (SSSR count). The zero-order valence-electron chi connectivity index (χ0n) is 10.9. The molecule has 1 amide bonds. The molecule has 110 valence electrons. The summed E-state index contributed by atoms with van der Waals surface area (Å²) >= 11 is 5.94. The van der Waals surface area contributed by atoms with Crippen molar-refractivity contribution in [3.63, 3.8) is 0 Å². The number of alkyl halides is 2. The molecule has 0 aliphatic carbocycles. The Hall–Kier alpha value is -2.14. The molecule has 0 aliphatic rings. The maximum atomic E-state index is 12.4. The summed E-state index contributed by atoms with van der Waals surface area (Å²) in [6, 6.07) is 10.9. The zero-order chi connectivity index (χ0) is 15.4. The van der Waals surface area contributed by atoms with E-state index in [9.17, 15) is 13.6 Å². The van der Waals surface area contributed by atoms with Gasteiger partial charge in [-0.25, -0.2) is 8.78 Å². The van der Waals surface area contributed by atoms with Crippen LogP contribution < -0.4 is 11.1 Å². The van der Waals surface area contributed by atoms with Crippen molar-refractivity contribution in [1.29, 1.82) is 0 Å². The smallest absolute Gasteiger partial charge is 0.263 e. The third-order valence-electron chi connectivity index (χ3n) is 2.96. The van der Waals surface area contributed by atoms with Gasteiger partial charge in [-0.2, -0.15) is 0 Å². The minimum Gasteiger partial charge on any atom is -0.381 e. The summed E-state index contributed by atoms with van der Waals surface area (Å²) in [7, 11) is 0. The first kappa shape index (κ1) is 15.3. The van der Waals surface area contributed by atoms with Crippen LogP contribution in [-0.4, -0.2) is 5.91 Å². The van der Waals surface area contributed by atoms with Gasteiger partial charge in [0.15, 0.2) is 0 Å². The molecular formula is C15H13ClF2N2O. The Kier molecular flexibility index (Phi) is 4.75. The highest BCUT2D eigenvalue weighted by Crippen LogP contribution is 2.22. The molecular weight excluding hydrogens is 298 g/mol. The first-order valence-corrected chi connectivity index (χ1v) is 6.55. The van der Waals surface area contributed by atoms with Crippen LogP contribution in [0.1, 0.15) is 27.9 Å². The first-order valence-electron chi connectivity index (χ1n) is 6.17. The molecule has 0 fully saturated rings. The average molecular weight is 311 g/mol. The van der Waals surface area contributed by atoms with Crippen molar-refractivity contribution in [2.75, 3.05) is 5.32 Å². The van der Waals surface area contributed by atoms with Gasteiger partial charge < -0.3 is 11.1 Å². The van der Waals surface area contributed by atoms with E-state index in [-0.39, 0.29) is 16.1 Å². The molecule has 0 bridgehead atoms. The SMILES string of the molecule is NC(=O)c1ccc(NCc2ccc(C(F)F)cc2)cc1Cl. The van der Waals surface area contributed by atoms with Crippen molar-refractivity contribution < 1.29 is 13.6 Å². The van der Waals surface area contributed by atoms with Crippen LogP contribution in [0.2, 0.25) is 5.02 Å². The Labute approximate surface area is 125 Å². The van der Waals surface area contributed by atoms with E-state index in [4.69, 9.17) is 17.3 Å². The third-order valence-corrected chi connectivity index (χ3v) is 3.28. The van der Waals surface area contributed by atoms with E-state index in [0.29, 0.717) is 12.2 Å². The number of halogens is 3. The molecule has 21 heavy (non-hydrogen) atoms. The number of carbonyl (C=O) groups excluding carboxylic acids is 1. The van der Waals surface area contributed by atoms with E-state index in [1.54, 1.807) is 24.3 Å². The zero-order valence-corrected chi connectivity index (χ0v) is 11.7. The van der Waals surface area contributed by atoms with Crippen LogP contribution in [0.25, 0.3) is 0 Å². The molecule has 0 aliphatic heterocycles. The number of carbonyl (C=O) groups is 1. The van der Waals surface area contributed by atoms with Gasteiger partial charge in [-0.3, -0.25) is 4.79 Å². The van der Waals surface area contributed by atoms with Gasteiger partial charge in [0.05, 0.1) is 10.6 Å². The van der Waals surface area contributed by atoms with Crippen molar-refractivity contribution in [3.05, 3.63) is 64.2 Å². The number of hydrogen-bond acceptors (Lipinski definition) is 2. The Balaban J connectivity index is 2.03. The lowest BCUT2D eigenvalue weighted by Gasteiger charge is -2.09. The van der Waals surface area contributed by atoms with Gasteiger partial charge in [0.25, 0.3) is 6.43 Å².